The lowest BCUT2D eigenvalue weighted by molar-refractivity contribution is -0.140. The van der Waals surface area contributed by atoms with Gasteiger partial charge in [-0.3, -0.25) is 4.79 Å². The number of morpholine rings is 1. The zero-order valence-electron chi connectivity index (χ0n) is 11.3. The Morgan fingerprint density at radius 2 is 2.14 bits per heavy atom. The molecule has 1 aliphatic heterocycles. The monoisotopic (exact) mass is 299 g/mol. The first kappa shape index (κ1) is 16.7. The number of aliphatic carboxylic acids is 2. The highest BCUT2D eigenvalue weighted by Gasteiger charge is 2.27. The smallest absolute Gasteiger partial charge is 0.326 e. The summed E-state index contributed by atoms with van der Waals surface area (Å²) in [5, 5.41) is 28.6. The number of urea groups is 1. The lowest BCUT2D eigenvalue weighted by atomic mass is 10.1. The van der Waals surface area contributed by atoms with Crippen molar-refractivity contribution >= 4 is 18.0 Å². The Hall–Kier alpha value is -2.34. The van der Waals surface area contributed by atoms with E-state index in [9.17, 15) is 14.4 Å². The third kappa shape index (κ3) is 5.66. The van der Waals surface area contributed by atoms with Gasteiger partial charge in [-0.2, -0.15) is 5.26 Å². The second kappa shape index (κ2) is 8.06. The summed E-state index contributed by atoms with van der Waals surface area (Å²) in [6, 6.07) is 0.138. The van der Waals surface area contributed by atoms with Crippen molar-refractivity contribution in [1.82, 2.24) is 10.2 Å². The standard InChI is InChI=1S/C12H17N3O6/c13-6-8-7-15(4-5-21-8)12(20)14-9(11(18)19)2-1-3-10(16)17/h8-9H,1-5,7H2,(H,14,20)(H,16,17)(H,18,19)/t8?,9-/m1/s1. The Bertz CT molecular complexity index is 447. The van der Waals surface area contributed by atoms with Crippen LogP contribution in [0.2, 0.25) is 0 Å². The van der Waals surface area contributed by atoms with Gasteiger partial charge in [-0.05, 0) is 12.8 Å². The molecule has 21 heavy (non-hydrogen) atoms. The van der Waals surface area contributed by atoms with E-state index in [-0.39, 0.29) is 39.0 Å². The molecule has 1 rings (SSSR count). The summed E-state index contributed by atoms with van der Waals surface area (Å²) in [5.74, 6) is -2.24. The minimum Gasteiger partial charge on any atom is -0.481 e. The number of nitrogens with zero attached hydrogens (tertiary/aromatic N) is 2. The molecule has 0 aliphatic carbocycles. The van der Waals surface area contributed by atoms with Crippen LogP contribution < -0.4 is 5.32 Å². The molecule has 1 heterocycles. The van der Waals surface area contributed by atoms with Crippen molar-refractivity contribution in [3.8, 4) is 6.07 Å². The Balaban J connectivity index is 2.50. The molecule has 1 unspecified atom stereocenters. The molecule has 0 bridgehead atoms. The summed E-state index contributed by atoms with van der Waals surface area (Å²) < 4.78 is 5.09. The van der Waals surface area contributed by atoms with Gasteiger partial charge in [0.05, 0.1) is 19.2 Å². The van der Waals surface area contributed by atoms with E-state index in [0.29, 0.717) is 0 Å². The second-order valence-electron chi connectivity index (χ2n) is 4.56. The summed E-state index contributed by atoms with van der Waals surface area (Å²) >= 11 is 0. The number of ether oxygens (including phenoxy) is 1. The van der Waals surface area contributed by atoms with E-state index in [1.165, 1.54) is 4.90 Å². The largest absolute Gasteiger partial charge is 0.481 e. The molecule has 0 aromatic heterocycles. The average Bonchev–Trinajstić information content (AvgIpc) is 2.45. The number of carboxylic acids is 2. The zero-order valence-corrected chi connectivity index (χ0v) is 11.3. The normalized spacial score (nSPS) is 19.4. The molecule has 3 N–H and O–H groups in total. The fraction of sp³-hybridized carbons (Fsp3) is 0.667. The fourth-order valence-corrected chi connectivity index (χ4v) is 1.87. The number of amides is 2. The number of nitriles is 1. The van der Waals surface area contributed by atoms with E-state index < -0.39 is 30.1 Å². The van der Waals surface area contributed by atoms with Crippen LogP contribution in [0.3, 0.4) is 0 Å². The van der Waals surface area contributed by atoms with E-state index in [2.05, 4.69) is 5.32 Å². The van der Waals surface area contributed by atoms with Crippen molar-refractivity contribution in [2.24, 2.45) is 0 Å². The molecule has 0 aromatic rings. The lowest BCUT2D eigenvalue weighted by Crippen LogP contribution is -2.53. The zero-order chi connectivity index (χ0) is 15.8. The minimum atomic E-state index is -1.22. The number of carbonyl (C=O) groups excluding carboxylic acids is 1. The summed E-state index contributed by atoms with van der Waals surface area (Å²) in [6.45, 7) is 0.553. The molecular weight excluding hydrogens is 282 g/mol. The van der Waals surface area contributed by atoms with Gasteiger partial charge < -0.3 is 25.2 Å². The Labute approximate surface area is 121 Å². The molecule has 2 atom stereocenters. The maximum absolute atomic E-state index is 11.9. The molecule has 1 aliphatic rings. The van der Waals surface area contributed by atoms with Crippen molar-refractivity contribution in [2.45, 2.75) is 31.4 Å². The number of hydrogen-bond donors (Lipinski definition) is 3. The predicted octanol–water partition coefficient (Wildman–Crippen LogP) is -0.372. The number of carboxylic acid groups (broad SMARTS) is 2. The van der Waals surface area contributed by atoms with Gasteiger partial charge in [0.25, 0.3) is 0 Å². The number of rotatable bonds is 6. The molecular formula is C12H17N3O6. The van der Waals surface area contributed by atoms with Crippen LogP contribution in [-0.4, -0.2) is 64.9 Å². The Morgan fingerprint density at radius 1 is 1.43 bits per heavy atom. The maximum atomic E-state index is 11.9. The van der Waals surface area contributed by atoms with Crippen LogP contribution >= 0.6 is 0 Å². The van der Waals surface area contributed by atoms with Crippen LogP contribution in [0, 0.1) is 11.3 Å². The topological polar surface area (TPSA) is 140 Å². The number of nitrogens with one attached hydrogen (secondary N) is 1. The van der Waals surface area contributed by atoms with Crippen LogP contribution in [0.15, 0.2) is 0 Å². The molecule has 0 saturated carbocycles. The molecule has 0 aromatic carbocycles. The highest BCUT2D eigenvalue weighted by atomic mass is 16.5. The van der Waals surface area contributed by atoms with Crippen molar-refractivity contribution in [1.29, 1.82) is 5.26 Å². The van der Waals surface area contributed by atoms with Gasteiger partial charge in [0, 0.05) is 13.0 Å². The van der Waals surface area contributed by atoms with Gasteiger partial charge in [-0.15, -0.1) is 0 Å². The van der Waals surface area contributed by atoms with Gasteiger partial charge >= 0.3 is 18.0 Å². The Morgan fingerprint density at radius 3 is 2.71 bits per heavy atom. The van der Waals surface area contributed by atoms with Crippen LogP contribution in [0.25, 0.3) is 0 Å². The van der Waals surface area contributed by atoms with E-state index in [4.69, 9.17) is 20.2 Å². The van der Waals surface area contributed by atoms with Gasteiger partial charge in [-0.1, -0.05) is 0 Å². The molecule has 2 amide bonds. The second-order valence-corrected chi connectivity index (χ2v) is 4.56. The van der Waals surface area contributed by atoms with Crippen molar-refractivity contribution < 1.29 is 29.3 Å². The molecule has 9 heteroatoms. The highest BCUT2D eigenvalue weighted by Crippen LogP contribution is 2.07. The van der Waals surface area contributed by atoms with E-state index >= 15 is 0 Å². The summed E-state index contributed by atoms with van der Waals surface area (Å²) in [5.41, 5.74) is 0. The van der Waals surface area contributed by atoms with E-state index in [1.54, 1.807) is 0 Å². The summed E-state index contributed by atoms with van der Waals surface area (Å²) in [6.07, 6.45) is -0.705. The number of carbonyl (C=O) groups is 3. The molecule has 0 spiro atoms. The maximum Gasteiger partial charge on any atom is 0.326 e. The van der Waals surface area contributed by atoms with Gasteiger partial charge in [0.2, 0.25) is 0 Å². The Kier molecular flexibility index (Phi) is 6.42. The third-order valence-corrected chi connectivity index (χ3v) is 2.98. The first-order valence-electron chi connectivity index (χ1n) is 6.45. The van der Waals surface area contributed by atoms with Crippen molar-refractivity contribution in [2.75, 3.05) is 19.7 Å². The fourth-order valence-electron chi connectivity index (χ4n) is 1.87. The van der Waals surface area contributed by atoms with Crippen molar-refractivity contribution in [3.63, 3.8) is 0 Å². The highest BCUT2D eigenvalue weighted by molar-refractivity contribution is 5.82. The molecule has 9 nitrogen and oxygen atoms in total. The van der Waals surface area contributed by atoms with Gasteiger partial charge in [0.15, 0.2) is 6.10 Å². The first-order chi connectivity index (χ1) is 9.93. The minimum absolute atomic E-state index is 0.0272. The van der Waals surface area contributed by atoms with Crippen LogP contribution in [-0.2, 0) is 14.3 Å². The molecule has 0 radical (unpaired) electrons. The number of hydrogen-bond acceptors (Lipinski definition) is 5. The van der Waals surface area contributed by atoms with E-state index in [0.717, 1.165) is 0 Å². The molecule has 116 valence electrons. The summed E-state index contributed by atoms with van der Waals surface area (Å²) in [7, 11) is 0. The third-order valence-electron chi connectivity index (χ3n) is 2.98. The van der Waals surface area contributed by atoms with Crippen LogP contribution in [0.4, 0.5) is 4.79 Å². The van der Waals surface area contributed by atoms with E-state index in [1.807, 2.05) is 6.07 Å². The molecule has 1 fully saturated rings. The lowest BCUT2D eigenvalue weighted by Gasteiger charge is -2.30. The SMILES string of the molecule is N#CC1CN(C(=O)N[C@H](CCCC(=O)O)C(=O)O)CCO1. The van der Waals surface area contributed by atoms with Crippen LogP contribution in [0.5, 0.6) is 0 Å². The van der Waals surface area contributed by atoms with Crippen LogP contribution in [0.1, 0.15) is 19.3 Å². The quantitative estimate of drug-likeness (QED) is 0.607. The van der Waals surface area contributed by atoms with Gasteiger partial charge in [0.1, 0.15) is 6.04 Å². The molecule has 1 saturated heterocycles. The van der Waals surface area contributed by atoms with Gasteiger partial charge in [-0.25, -0.2) is 9.59 Å². The average molecular weight is 299 g/mol. The summed E-state index contributed by atoms with van der Waals surface area (Å²) in [4.78, 5) is 34.7. The first-order valence-corrected chi connectivity index (χ1v) is 6.45. The predicted molar refractivity (Wildman–Crippen MR) is 68.4 cm³/mol. The van der Waals surface area contributed by atoms with Crippen molar-refractivity contribution in [3.05, 3.63) is 0 Å².